The minimum atomic E-state index is 0.0528. The summed E-state index contributed by atoms with van der Waals surface area (Å²) < 4.78 is 5.83. The maximum Gasteiger partial charge on any atom is 0.140 e. The quantitative estimate of drug-likeness (QED) is 0.927. The minimum Gasteiger partial charge on any atom is -0.486 e. The zero-order chi connectivity index (χ0) is 14.0. The fourth-order valence-corrected chi connectivity index (χ4v) is 2.71. The minimum absolute atomic E-state index is 0.0528. The molecule has 0 aliphatic rings. The topological polar surface area (TPSA) is 48.1 Å². The van der Waals surface area contributed by atoms with E-state index < -0.39 is 0 Å². The molecule has 19 heavy (non-hydrogen) atoms. The third-order valence-corrected chi connectivity index (χ3v) is 4.20. The first-order chi connectivity index (χ1) is 8.97. The van der Waals surface area contributed by atoms with Gasteiger partial charge in [-0.2, -0.15) is 0 Å². The molecule has 0 unspecified atom stereocenters. The molecule has 0 saturated carbocycles. The van der Waals surface area contributed by atoms with Crippen molar-refractivity contribution in [3.8, 4) is 5.75 Å². The Bertz CT molecular complexity index is 556. The lowest BCUT2D eigenvalue weighted by molar-refractivity contribution is 0.303. The van der Waals surface area contributed by atoms with Crippen molar-refractivity contribution in [3.63, 3.8) is 0 Å². The van der Waals surface area contributed by atoms with Crippen molar-refractivity contribution in [1.29, 1.82) is 0 Å². The van der Waals surface area contributed by atoms with Crippen molar-refractivity contribution in [3.05, 3.63) is 44.9 Å². The zero-order valence-corrected chi connectivity index (χ0v) is 12.7. The van der Waals surface area contributed by atoms with E-state index in [4.69, 9.17) is 10.5 Å². The van der Waals surface area contributed by atoms with Gasteiger partial charge in [0.25, 0.3) is 0 Å². The van der Waals surface area contributed by atoms with E-state index in [1.807, 2.05) is 32.9 Å². The van der Waals surface area contributed by atoms with Crippen molar-refractivity contribution in [1.82, 2.24) is 4.98 Å². The van der Waals surface area contributed by atoms with Crippen LogP contribution in [0.3, 0.4) is 0 Å². The summed E-state index contributed by atoms with van der Waals surface area (Å²) in [6, 6.07) is 6.14. The van der Waals surface area contributed by atoms with Crippen molar-refractivity contribution < 1.29 is 4.74 Å². The number of rotatable bonds is 4. The predicted molar refractivity (Wildman–Crippen MR) is 79.7 cm³/mol. The third-order valence-electron chi connectivity index (χ3n) is 3.15. The van der Waals surface area contributed by atoms with Crippen molar-refractivity contribution in [2.75, 3.05) is 0 Å². The summed E-state index contributed by atoms with van der Waals surface area (Å²) in [6.45, 7) is 8.66. The number of thiazole rings is 1. The van der Waals surface area contributed by atoms with Gasteiger partial charge in [0.2, 0.25) is 0 Å². The highest BCUT2D eigenvalue weighted by atomic mass is 32.1. The van der Waals surface area contributed by atoms with E-state index in [-0.39, 0.29) is 6.04 Å². The molecule has 0 bridgehead atoms. The molecule has 1 heterocycles. The van der Waals surface area contributed by atoms with Crippen LogP contribution in [0, 0.1) is 20.8 Å². The summed E-state index contributed by atoms with van der Waals surface area (Å²) in [4.78, 5) is 5.73. The summed E-state index contributed by atoms with van der Waals surface area (Å²) in [5.74, 6) is 0.898. The van der Waals surface area contributed by atoms with Crippen LogP contribution < -0.4 is 10.5 Å². The van der Waals surface area contributed by atoms with Crippen LogP contribution in [-0.4, -0.2) is 4.98 Å². The lowest BCUT2D eigenvalue weighted by atomic mass is 10.1. The summed E-state index contributed by atoms with van der Waals surface area (Å²) in [5, 5.41) is 1.02. The average Bonchev–Trinajstić information content (AvgIpc) is 2.67. The van der Waals surface area contributed by atoms with Crippen LogP contribution in [0.25, 0.3) is 0 Å². The van der Waals surface area contributed by atoms with Crippen LogP contribution in [0.15, 0.2) is 18.2 Å². The Labute approximate surface area is 118 Å². The molecule has 0 fully saturated rings. The standard InChI is InChI=1S/C15H20N2OS/c1-9-7-13(10(2)16)5-6-14(9)18-8-15-17-11(3)12(4)19-15/h5-7,10H,8,16H2,1-4H3/t10-/m1/s1. The highest BCUT2D eigenvalue weighted by Crippen LogP contribution is 2.24. The molecule has 0 spiro atoms. The molecule has 0 aliphatic heterocycles. The summed E-state index contributed by atoms with van der Waals surface area (Å²) in [7, 11) is 0. The first kappa shape index (κ1) is 14.0. The predicted octanol–water partition coefficient (Wildman–Crippen LogP) is 3.67. The number of ether oxygens (including phenoxy) is 1. The average molecular weight is 276 g/mol. The van der Waals surface area contributed by atoms with Crippen LogP contribution in [-0.2, 0) is 6.61 Å². The van der Waals surface area contributed by atoms with E-state index in [1.54, 1.807) is 11.3 Å². The van der Waals surface area contributed by atoms with Gasteiger partial charge in [-0.15, -0.1) is 11.3 Å². The molecule has 0 amide bonds. The van der Waals surface area contributed by atoms with Crippen LogP contribution >= 0.6 is 11.3 Å². The largest absolute Gasteiger partial charge is 0.486 e. The lowest BCUT2D eigenvalue weighted by Gasteiger charge is -2.11. The Balaban J connectivity index is 2.07. The number of aryl methyl sites for hydroxylation is 3. The molecule has 1 aromatic carbocycles. The Morgan fingerprint density at radius 1 is 1.32 bits per heavy atom. The smallest absolute Gasteiger partial charge is 0.140 e. The van der Waals surface area contributed by atoms with Gasteiger partial charge in [0.1, 0.15) is 17.4 Å². The molecular weight excluding hydrogens is 256 g/mol. The number of nitrogens with two attached hydrogens (primary N) is 1. The van der Waals surface area contributed by atoms with Gasteiger partial charge in [-0.05, 0) is 44.9 Å². The summed E-state index contributed by atoms with van der Waals surface area (Å²) in [6.07, 6.45) is 0. The van der Waals surface area contributed by atoms with Gasteiger partial charge in [-0.1, -0.05) is 12.1 Å². The van der Waals surface area contributed by atoms with Gasteiger partial charge in [-0.25, -0.2) is 4.98 Å². The SMILES string of the molecule is Cc1cc([C@@H](C)N)ccc1OCc1nc(C)c(C)s1. The van der Waals surface area contributed by atoms with Crippen molar-refractivity contribution in [2.24, 2.45) is 5.73 Å². The van der Waals surface area contributed by atoms with Crippen LogP contribution in [0.5, 0.6) is 5.75 Å². The van der Waals surface area contributed by atoms with Gasteiger partial charge in [0, 0.05) is 10.9 Å². The molecule has 1 aromatic heterocycles. The highest BCUT2D eigenvalue weighted by molar-refractivity contribution is 7.11. The van der Waals surface area contributed by atoms with E-state index in [9.17, 15) is 0 Å². The monoisotopic (exact) mass is 276 g/mol. The molecule has 3 nitrogen and oxygen atoms in total. The number of hydrogen-bond donors (Lipinski definition) is 1. The first-order valence-corrected chi connectivity index (χ1v) is 7.21. The van der Waals surface area contributed by atoms with E-state index >= 15 is 0 Å². The maximum atomic E-state index is 5.87. The molecule has 2 N–H and O–H groups in total. The molecular formula is C15H20N2OS. The molecule has 2 rings (SSSR count). The summed E-state index contributed by atoms with van der Waals surface area (Å²) in [5.41, 5.74) is 9.20. The number of hydrogen-bond acceptors (Lipinski definition) is 4. The number of nitrogens with zero attached hydrogens (tertiary/aromatic N) is 1. The van der Waals surface area contributed by atoms with Gasteiger partial charge in [0.05, 0.1) is 5.69 Å². The second-order valence-electron chi connectivity index (χ2n) is 4.85. The van der Waals surface area contributed by atoms with Crippen LogP contribution in [0.4, 0.5) is 0 Å². The Morgan fingerprint density at radius 2 is 2.05 bits per heavy atom. The van der Waals surface area contributed by atoms with E-state index in [0.29, 0.717) is 6.61 Å². The molecule has 0 radical (unpaired) electrons. The van der Waals surface area contributed by atoms with E-state index in [1.165, 1.54) is 4.88 Å². The molecule has 1 atom stereocenters. The number of benzene rings is 1. The second kappa shape index (κ2) is 5.72. The molecule has 102 valence electrons. The Hall–Kier alpha value is -1.39. The second-order valence-corrected chi connectivity index (χ2v) is 6.14. The zero-order valence-electron chi connectivity index (χ0n) is 11.9. The third kappa shape index (κ3) is 3.33. The van der Waals surface area contributed by atoms with Crippen molar-refractivity contribution in [2.45, 2.75) is 40.3 Å². The Morgan fingerprint density at radius 3 is 2.58 bits per heavy atom. The molecule has 4 heteroatoms. The summed E-state index contributed by atoms with van der Waals surface area (Å²) >= 11 is 1.69. The first-order valence-electron chi connectivity index (χ1n) is 6.39. The highest BCUT2D eigenvalue weighted by Gasteiger charge is 2.07. The van der Waals surface area contributed by atoms with Crippen LogP contribution in [0.1, 0.15) is 39.7 Å². The normalized spacial score (nSPS) is 12.5. The fraction of sp³-hybridized carbons (Fsp3) is 0.400. The van der Waals surface area contributed by atoms with E-state index in [2.05, 4.69) is 18.0 Å². The maximum absolute atomic E-state index is 5.87. The molecule has 0 saturated heterocycles. The Kier molecular flexibility index (Phi) is 4.22. The van der Waals surface area contributed by atoms with Gasteiger partial charge in [-0.3, -0.25) is 0 Å². The van der Waals surface area contributed by atoms with Crippen molar-refractivity contribution >= 4 is 11.3 Å². The number of aromatic nitrogens is 1. The van der Waals surface area contributed by atoms with Gasteiger partial charge in [0.15, 0.2) is 0 Å². The molecule has 2 aromatic rings. The lowest BCUT2D eigenvalue weighted by Crippen LogP contribution is -2.05. The van der Waals surface area contributed by atoms with Gasteiger partial charge < -0.3 is 10.5 Å². The van der Waals surface area contributed by atoms with Crippen LogP contribution in [0.2, 0.25) is 0 Å². The van der Waals surface area contributed by atoms with E-state index in [0.717, 1.165) is 27.6 Å². The molecule has 0 aliphatic carbocycles. The fourth-order valence-electron chi connectivity index (χ4n) is 1.86. The van der Waals surface area contributed by atoms with Gasteiger partial charge >= 0.3 is 0 Å².